The largest absolute Gasteiger partial charge is 0.493 e. The smallest absolute Gasteiger partial charge is 0.272 e. The van der Waals surface area contributed by atoms with Crippen LogP contribution in [0.4, 0.5) is 0 Å². The summed E-state index contributed by atoms with van der Waals surface area (Å²) in [6.45, 7) is 5.89. The molecule has 1 aliphatic rings. The third-order valence-electron chi connectivity index (χ3n) is 4.92. The number of para-hydroxylation sites is 1. The fraction of sp³-hybridized carbons (Fsp3) is 0.304. The van der Waals surface area contributed by atoms with Crippen molar-refractivity contribution in [2.24, 2.45) is 0 Å². The van der Waals surface area contributed by atoms with Gasteiger partial charge in [-0.25, -0.2) is 4.68 Å². The standard InChI is InChI=1S/C23H25N3O3/c1-23(2,3)24-22(27)20-17-11-14-12-18(28-4)19(29-5)13-16(14)21(17)26(25-20)15-9-7-6-8-10-15/h6-10,12-13H,11H2,1-5H3,(H,24,27). The van der Waals surface area contributed by atoms with Gasteiger partial charge in [0.25, 0.3) is 5.91 Å². The van der Waals surface area contributed by atoms with Gasteiger partial charge in [0.2, 0.25) is 0 Å². The van der Waals surface area contributed by atoms with Crippen LogP contribution in [0.2, 0.25) is 0 Å². The lowest BCUT2D eigenvalue weighted by Gasteiger charge is -2.19. The van der Waals surface area contributed by atoms with Crippen LogP contribution in [0.25, 0.3) is 16.9 Å². The minimum atomic E-state index is -0.349. The van der Waals surface area contributed by atoms with Gasteiger partial charge in [-0.3, -0.25) is 4.79 Å². The van der Waals surface area contributed by atoms with E-state index < -0.39 is 0 Å². The summed E-state index contributed by atoms with van der Waals surface area (Å²) in [4.78, 5) is 13.0. The average molecular weight is 391 g/mol. The van der Waals surface area contributed by atoms with E-state index in [0.717, 1.165) is 28.1 Å². The fourth-order valence-electron chi connectivity index (χ4n) is 3.71. The first-order valence-electron chi connectivity index (χ1n) is 9.57. The minimum absolute atomic E-state index is 0.171. The van der Waals surface area contributed by atoms with Gasteiger partial charge in [0.1, 0.15) is 0 Å². The molecule has 0 bridgehead atoms. The van der Waals surface area contributed by atoms with Gasteiger partial charge in [-0.05, 0) is 50.6 Å². The van der Waals surface area contributed by atoms with Crippen LogP contribution in [0.3, 0.4) is 0 Å². The Morgan fingerprint density at radius 3 is 2.34 bits per heavy atom. The summed E-state index contributed by atoms with van der Waals surface area (Å²) < 4.78 is 12.8. The Hall–Kier alpha value is -3.28. The number of fused-ring (bicyclic) bond motifs is 3. The molecule has 1 aromatic heterocycles. The summed E-state index contributed by atoms with van der Waals surface area (Å²) in [5.41, 5.74) is 4.94. The molecule has 0 unspecified atom stereocenters. The van der Waals surface area contributed by atoms with Gasteiger partial charge in [-0.1, -0.05) is 18.2 Å². The van der Waals surface area contributed by atoms with E-state index in [4.69, 9.17) is 14.6 Å². The number of rotatable bonds is 4. The summed E-state index contributed by atoms with van der Waals surface area (Å²) in [5, 5.41) is 7.75. The molecule has 0 aliphatic heterocycles. The highest BCUT2D eigenvalue weighted by Gasteiger charge is 2.33. The van der Waals surface area contributed by atoms with Crippen molar-refractivity contribution in [2.45, 2.75) is 32.7 Å². The lowest BCUT2D eigenvalue weighted by Crippen LogP contribution is -2.41. The van der Waals surface area contributed by atoms with Gasteiger partial charge in [-0.15, -0.1) is 0 Å². The predicted molar refractivity (Wildman–Crippen MR) is 112 cm³/mol. The zero-order valence-electron chi connectivity index (χ0n) is 17.4. The predicted octanol–water partition coefficient (Wildman–Crippen LogP) is 3.99. The number of hydrogen-bond donors (Lipinski definition) is 1. The summed E-state index contributed by atoms with van der Waals surface area (Å²) in [6.07, 6.45) is 0.616. The Morgan fingerprint density at radius 1 is 1.07 bits per heavy atom. The van der Waals surface area contributed by atoms with Gasteiger partial charge in [0.15, 0.2) is 17.2 Å². The van der Waals surface area contributed by atoms with Crippen molar-refractivity contribution in [3.63, 3.8) is 0 Å². The van der Waals surface area contributed by atoms with Gasteiger partial charge >= 0.3 is 0 Å². The second-order valence-electron chi connectivity index (χ2n) is 8.17. The van der Waals surface area contributed by atoms with Crippen LogP contribution in [-0.4, -0.2) is 35.4 Å². The first kappa shape index (κ1) is 19.1. The van der Waals surface area contributed by atoms with E-state index in [2.05, 4.69) is 5.32 Å². The molecule has 6 nitrogen and oxygen atoms in total. The normalized spacial score (nSPS) is 12.3. The quantitative estimate of drug-likeness (QED) is 0.571. The first-order chi connectivity index (χ1) is 13.8. The Labute approximate surface area is 170 Å². The number of amides is 1. The van der Waals surface area contributed by atoms with E-state index in [1.807, 2.05) is 67.9 Å². The number of ether oxygens (including phenoxy) is 2. The molecule has 150 valence electrons. The Bertz CT molecular complexity index is 1080. The van der Waals surface area contributed by atoms with Crippen LogP contribution >= 0.6 is 0 Å². The second-order valence-corrected chi connectivity index (χ2v) is 8.17. The van der Waals surface area contributed by atoms with E-state index in [9.17, 15) is 4.79 Å². The number of nitrogens with zero attached hydrogens (tertiary/aromatic N) is 2. The molecule has 0 radical (unpaired) electrons. The lowest BCUT2D eigenvalue weighted by molar-refractivity contribution is 0.0913. The van der Waals surface area contributed by atoms with Crippen molar-refractivity contribution in [2.75, 3.05) is 14.2 Å². The Morgan fingerprint density at radius 2 is 1.72 bits per heavy atom. The average Bonchev–Trinajstić information content (AvgIpc) is 3.23. The third kappa shape index (κ3) is 3.35. The van der Waals surface area contributed by atoms with Crippen molar-refractivity contribution in [3.8, 4) is 28.4 Å². The van der Waals surface area contributed by atoms with Gasteiger partial charge in [-0.2, -0.15) is 5.10 Å². The van der Waals surface area contributed by atoms with Crippen LogP contribution in [-0.2, 0) is 6.42 Å². The van der Waals surface area contributed by atoms with Gasteiger partial charge in [0.05, 0.1) is 25.6 Å². The summed E-state index contributed by atoms with van der Waals surface area (Å²) in [5.74, 6) is 1.16. The fourth-order valence-corrected chi connectivity index (χ4v) is 3.71. The Kier molecular flexibility index (Phi) is 4.57. The molecule has 3 aromatic rings. The highest BCUT2D eigenvalue weighted by Crippen LogP contribution is 2.44. The molecular formula is C23H25N3O3. The molecule has 2 aromatic carbocycles. The van der Waals surface area contributed by atoms with Crippen LogP contribution in [0, 0.1) is 0 Å². The van der Waals surface area contributed by atoms with Crippen LogP contribution in [0.15, 0.2) is 42.5 Å². The van der Waals surface area contributed by atoms with Gasteiger partial charge in [0, 0.05) is 23.1 Å². The third-order valence-corrected chi connectivity index (χ3v) is 4.92. The number of carbonyl (C=O) groups is 1. The topological polar surface area (TPSA) is 65.4 Å². The highest BCUT2D eigenvalue weighted by molar-refractivity contribution is 5.98. The molecule has 29 heavy (non-hydrogen) atoms. The Balaban J connectivity index is 1.92. The van der Waals surface area contributed by atoms with E-state index in [-0.39, 0.29) is 11.4 Å². The number of hydrogen-bond acceptors (Lipinski definition) is 4. The summed E-state index contributed by atoms with van der Waals surface area (Å²) in [7, 11) is 3.25. The zero-order chi connectivity index (χ0) is 20.8. The molecule has 4 rings (SSSR count). The van der Waals surface area contributed by atoms with E-state index >= 15 is 0 Å². The first-order valence-corrected chi connectivity index (χ1v) is 9.57. The molecule has 0 saturated heterocycles. The maximum absolute atomic E-state index is 13.0. The maximum atomic E-state index is 13.0. The molecule has 1 heterocycles. The van der Waals surface area contributed by atoms with Crippen molar-refractivity contribution >= 4 is 5.91 Å². The van der Waals surface area contributed by atoms with Crippen molar-refractivity contribution in [1.29, 1.82) is 0 Å². The van der Waals surface area contributed by atoms with Crippen LogP contribution in [0.1, 0.15) is 42.4 Å². The molecule has 0 spiro atoms. The molecule has 0 fully saturated rings. The summed E-state index contributed by atoms with van der Waals surface area (Å²) in [6, 6.07) is 13.8. The number of aromatic nitrogens is 2. The molecule has 0 atom stereocenters. The molecule has 1 N–H and O–H groups in total. The molecule has 1 aliphatic carbocycles. The zero-order valence-corrected chi connectivity index (χ0v) is 17.4. The summed E-state index contributed by atoms with van der Waals surface area (Å²) >= 11 is 0. The molecule has 1 amide bonds. The molecule has 6 heteroatoms. The highest BCUT2D eigenvalue weighted by atomic mass is 16.5. The van der Waals surface area contributed by atoms with Crippen molar-refractivity contribution in [1.82, 2.24) is 15.1 Å². The van der Waals surface area contributed by atoms with Crippen molar-refractivity contribution < 1.29 is 14.3 Å². The van der Waals surface area contributed by atoms with Crippen molar-refractivity contribution in [3.05, 3.63) is 59.3 Å². The second kappa shape index (κ2) is 6.95. The molecular weight excluding hydrogens is 366 g/mol. The van der Waals surface area contributed by atoms with Gasteiger partial charge < -0.3 is 14.8 Å². The number of methoxy groups -OCH3 is 2. The van der Waals surface area contributed by atoms with E-state index in [1.165, 1.54) is 0 Å². The maximum Gasteiger partial charge on any atom is 0.272 e. The number of carbonyl (C=O) groups excluding carboxylic acids is 1. The molecule has 0 saturated carbocycles. The number of nitrogens with one attached hydrogen (secondary N) is 1. The van der Waals surface area contributed by atoms with Crippen LogP contribution < -0.4 is 14.8 Å². The monoisotopic (exact) mass is 391 g/mol. The van der Waals surface area contributed by atoms with E-state index in [0.29, 0.717) is 23.6 Å². The number of benzene rings is 2. The SMILES string of the molecule is COc1cc2c(cc1OC)-c1c(c(C(=O)NC(C)(C)C)nn1-c1ccccc1)C2. The lowest BCUT2D eigenvalue weighted by atomic mass is 10.1. The minimum Gasteiger partial charge on any atom is -0.493 e. The van der Waals surface area contributed by atoms with Crippen LogP contribution in [0.5, 0.6) is 11.5 Å². The van der Waals surface area contributed by atoms with E-state index in [1.54, 1.807) is 14.2 Å².